The van der Waals surface area contributed by atoms with Gasteiger partial charge in [-0.05, 0) is 49.5 Å². The third-order valence-electron chi connectivity index (χ3n) is 5.01. The van der Waals surface area contributed by atoms with Crippen LogP contribution < -0.4 is 0 Å². The molecular formula is C18H28O2. The Bertz CT molecular complexity index is 401. The van der Waals surface area contributed by atoms with E-state index in [2.05, 4.69) is 38.1 Å². The molecule has 1 aromatic rings. The standard InChI is InChI=1S/C18H28O2/c1-17(2)11-13-18(20-3,14-12-17)16(19)10-9-15-7-5-4-6-8-15/h4-8,16,19H,9-14H2,1-3H3. The summed E-state index contributed by atoms with van der Waals surface area (Å²) >= 11 is 0. The Morgan fingerprint density at radius 1 is 1.10 bits per heavy atom. The number of rotatable bonds is 5. The van der Waals surface area contributed by atoms with Crippen LogP contribution in [0, 0.1) is 5.41 Å². The first-order chi connectivity index (χ1) is 9.47. The van der Waals surface area contributed by atoms with Crippen molar-refractivity contribution >= 4 is 0 Å². The largest absolute Gasteiger partial charge is 0.390 e. The summed E-state index contributed by atoms with van der Waals surface area (Å²) < 4.78 is 5.77. The highest BCUT2D eigenvalue weighted by Crippen LogP contribution is 2.44. The van der Waals surface area contributed by atoms with Crippen molar-refractivity contribution in [2.45, 2.75) is 64.1 Å². The van der Waals surface area contributed by atoms with Crippen LogP contribution in [0.1, 0.15) is 51.5 Å². The molecule has 0 aromatic heterocycles. The number of aliphatic hydroxyl groups is 1. The fourth-order valence-corrected chi connectivity index (χ4v) is 3.23. The molecule has 112 valence electrons. The Balaban J connectivity index is 1.94. The highest BCUT2D eigenvalue weighted by Gasteiger charge is 2.43. The van der Waals surface area contributed by atoms with E-state index in [4.69, 9.17) is 4.74 Å². The molecule has 1 aliphatic rings. The fraction of sp³-hybridized carbons (Fsp3) is 0.667. The number of hydrogen-bond acceptors (Lipinski definition) is 2. The van der Waals surface area contributed by atoms with Crippen LogP contribution in [0.2, 0.25) is 0 Å². The van der Waals surface area contributed by atoms with E-state index in [0.717, 1.165) is 38.5 Å². The van der Waals surface area contributed by atoms with Crippen LogP contribution in [-0.4, -0.2) is 23.9 Å². The molecule has 0 aliphatic heterocycles. The van der Waals surface area contributed by atoms with Crippen LogP contribution in [0.4, 0.5) is 0 Å². The molecule has 1 aromatic carbocycles. The van der Waals surface area contributed by atoms with E-state index in [0.29, 0.717) is 5.41 Å². The van der Waals surface area contributed by atoms with Crippen molar-refractivity contribution in [3.05, 3.63) is 35.9 Å². The van der Waals surface area contributed by atoms with Crippen LogP contribution >= 0.6 is 0 Å². The zero-order valence-corrected chi connectivity index (χ0v) is 13.1. The lowest BCUT2D eigenvalue weighted by Crippen LogP contribution is -2.48. The van der Waals surface area contributed by atoms with Crippen molar-refractivity contribution in [3.63, 3.8) is 0 Å². The van der Waals surface area contributed by atoms with Crippen LogP contribution in [0.25, 0.3) is 0 Å². The Labute approximate surface area is 123 Å². The van der Waals surface area contributed by atoms with Crippen molar-refractivity contribution in [2.24, 2.45) is 5.41 Å². The van der Waals surface area contributed by atoms with Gasteiger partial charge in [-0.1, -0.05) is 44.2 Å². The highest BCUT2D eigenvalue weighted by atomic mass is 16.5. The van der Waals surface area contributed by atoms with Gasteiger partial charge in [0.2, 0.25) is 0 Å². The lowest BCUT2D eigenvalue weighted by Gasteiger charge is -2.45. The monoisotopic (exact) mass is 276 g/mol. The Kier molecular flexibility index (Phi) is 4.87. The average molecular weight is 276 g/mol. The maximum Gasteiger partial charge on any atom is 0.0936 e. The van der Waals surface area contributed by atoms with Gasteiger partial charge >= 0.3 is 0 Å². The zero-order valence-electron chi connectivity index (χ0n) is 13.1. The molecule has 2 nitrogen and oxygen atoms in total. The van der Waals surface area contributed by atoms with Gasteiger partial charge in [0.05, 0.1) is 11.7 Å². The van der Waals surface area contributed by atoms with E-state index in [1.807, 2.05) is 6.07 Å². The van der Waals surface area contributed by atoms with E-state index in [1.165, 1.54) is 5.56 Å². The number of methoxy groups -OCH3 is 1. The molecule has 1 saturated carbocycles. The Hall–Kier alpha value is -0.860. The molecule has 2 rings (SSSR count). The van der Waals surface area contributed by atoms with Crippen molar-refractivity contribution in [2.75, 3.05) is 7.11 Å². The Morgan fingerprint density at radius 2 is 1.70 bits per heavy atom. The van der Waals surface area contributed by atoms with E-state index in [1.54, 1.807) is 7.11 Å². The summed E-state index contributed by atoms with van der Waals surface area (Å²) in [6.07, 6.45) is 5.50. The van der Waals surface area contributed by atoms with Crippen molar-refractivity contribution in [1.82, 2.24) is 0 Å². The lowest BCUT2D eigenvalue weighted by atomic mass is 9.68. The van der Waals surface area contributed by atoms with E-state index in [-0.39, 0.29) is 11.7 Å². The van der Waals surface area contributed by atoms with Gasteiger partial charge in [-0.2, -0.15) is 0 Å². The topological polar surface area (TPSA) is 29.5 Å². The third-order valence-corrected chi connectivity index (χ3v) is 5.01. The number of hydrogen-bond donors (Lipinski definition) is 1. The molecule has 1 aliphatic carbocycles. The second-order valence-corrected chi connectivity index (χ2v) is 6.97. The van der Waals surface area contributed by atoms with E-state index < -0.39 is 0 Å². The minimum absolute atomic E-state index is 0.329. The van der Waals surface area contributed by atoms with Crippen molar-refractivity contribution in [3.8, 4) is 0 Å². The molecule has 0 saturated heterocycles. The van der Waals surface area contributed by atoms with Crippen LogP contribution in [-0.2, 0) is 11.2 Å². The summed E-state index contributed by atoms with van der Waals surface area (Å²) in [6, 6.07) is 10.4. The fourth-order valence-electron chi connectivity index (χ4n) is 3.23. The summed E-state index contributed by atoms with van der Waals surface area (Å²) in [4.78, 5) is 0. The van der Waals surface area contributed by atoms with Gasteiger partial charge in [-0.25, -0.2) is 0 Å². The first-order valence-electron chi connectivity index (χ1n) is 7.75. The Morgan fingerprint density at radius 3 is 2.25 bits per heavy atom. The van der Waals surface area contributed by atoms with Gasteiger partial charge in [0.1, 0.15) is 0 Å². The van der Waals surface area contributed by atoms with Gasteiger partial charge < -0.3 is 9.84 Å². The first-order valence-corrected chi connectivity index (χ1v) is 7.75. The van der Waals surface area contributed by atoms with Crippen LogP contribution in [0.3, 0.4) is 0 Å². The maximum atomic E-state index is 10.6. The van der Waals surface area contributed by atoms with Crippen molar-refractivity contribution < 1.29 is 9.84 Å². The highest BCUT2D eigenvalue weighted by molar-refractivity contribution is 5.15. The summed E-state index contributed by atoms with van der Waals surface area (Å²) in [6.45, 7) is 4.62. The molecule has 0 amide bonds. The SMILES string of the molecule is COC1(C(O)CCc2ccccc2)CCC(C)(C)CC1. The predicted octanol–water partition coefficient (Wildman–Crippen LogP) is 3.97. The molecule has 0 spiro atoms. The molecule has 2 heteroatoms. The smallest absolute Gasteiger partial charge is 0.0936 e. The molecule has 0 bridgehead atoms. The molecule has 20 heavy (non-hydrogen) atoms. The molecule has 1 atom stereocenters. The number of ether oxygens (including phenoxy) is 1. The molecule has 1 unspecified atom stereocenters. The quantitative estimate of drug-likeness (QED) is 0.882. The molecule has 1 N–H and O–H groups in total. The molecule has 0 radical (unpaired) electrons. The average Bonchev–Trinajstić information content (AvgIpc) is 2.46. The van der Waals surface area contributed by atoms with Gasteiger partial charge in [-0.3, -0.25) is 0 Å². The van der Waals surface area contributed by atoms with E-state index in [9.17, 15) is 5.11 Å². The normalized spacial score (nSPS) is 22.4. The minimum Gasteiger partial charge on any atom is -0.390 e. The summed E-state index contributed by atoms with van der Waals surface area (Å²) in [7, 11) is 1.75. The summed E-state index contributed by atoms with van der Waals surface area (Å²) in [5.41, 5.74) is 1.35. The summed E-state index contributed by atoms with van der Waals surface area (Å²) in [5, 5.41) is 10.6. The zero-order chi connectivity index (χ0) is 14.6. The number of aliphatic hydroxyl groups excluding tert-OH is 1. The van der Waals surface area contributed by atoms with Crippen LogP contribution in [0.5, 0.6) is 0 Å². The van der Waals surface area contributed by atoms with Crippen LogP contribution in [0.15, 0.2) is 30.3 Å². The second-order valence-electron chi connectivity index (χ2n) is 6.97. The summed E-state index contributed by atoms with van der Waals surface area (Å²) in [5.74, 6) is 0. The number of benzene rings is 1. The maximum absolute atomic E-state index is 10.6. The predicted molar refractivity (Wildman–Crippen MR) is 82.8 cm³/mol. The third kappa shape index (κ3) is 3.62. The second kappa shape index (κ2) is 6.28. The van der Waals surface area contributed by atoms with Gasteiger partial charge in [-0.15, -0.1) is 0 Å². The molecular weight excluding hydrogens is 248 g/mol. The first kappa shape index (κ1) is 15.5. The molecule has 0 heterocycles. The van der Waals surface area contributed by atoms with Crippen molar-refractivity contribution in [1.29, 1.82) is 0 Å². The molecule has 1 fully saturated rings. The number of aryl methyl sites for hydroxylation is 1. The van der Waals surface area contributed by atoms with Gasteiger partial charge in [0.15, 0.2) is 0 Å². The van der Waals surface area contributed by atoms with Gasteiger partial charge in [0, 0.05) is 7.11 Å². The van der Waals surface area contributed by atoms with Gasteiger partial charge in [0.25, 0.3) is 0 Å². The minimum atomic E-state index is -0.371. The van der Waals surface area contributed by atoms with E-state index >= 15 is 0 Å². The lowest BCUT2D eigenvalue weighted by molar-refractivity contribution is -0.137.